The maximum absolute atomic E-state index is 11.7. The molecule has 0 N–H and O–H groups in total. The lowest BCUT2D eigenvalue weighted by Crippen LogP contribution is -2.25. The standard InChI is InChI=1S/C12H16N2O2/c1-10(15)14(2)8-4-6-12(16)11-5-3-7-13-9-11/h3,5,7,9H,4,6,8H2,1-2H3. The van der Waals surface area contributed by atoms with E-state index in [-0.39, 0.29) is 11.7 Å². The van der Waals surface area contributed by atoms with E-state index in [2.05, 4.69) is 4.98 Å². The van der Waals surface area contributed by atoms with Crippen molar-refractivity contribution in [2.45, 2.75) is 19.8 Å². The zero-order chi connectivity index (χ0) is 12.0. The van der Waals surface area contributed by atoms with Crippen LogP contribution in [0.15, 0.2) is 24.5 Å². The van der Waals surface area contributed by atoms with Crippen LogP contribution in [0.4, 0.5) is 0 Å². The summed E-state index contributed by atoms with van der Waals surface area (Å²) in [6, 6.07) is 3.50. The van der Waals surface area contributed by atoms with Crippen molar-refractivity contribution in [1.29, 1.82) is 0 Å². The molecular weight excluding hydrogens is 204 g/mol. The third kappa shape index (κ3) is 3.81. The molecule has 1 amide bonds. The third-order valence-electron chi connectivity index (χ3n) is 2.42. The van der Waals surface area contributed by atoms with Gasteiger partial charge in [-0.1, -0.05) is 0 Å². The van der Waals surface area contributed by atoms with Gasteiger partial charge in [-0.25, -0.2) is 0 Å². The monoisotopic (exact) mass is 220 g/mol. The zero-order valence-corrected chi connectivity index (χ0v) is 9.64. The highest BCUT2D eigenvalue weighted by Crippen LogP contribution is 2.04. The number of Topliss-reactive ketones (excluding diaryl/α,β-unsaturated/α-hetero) is 1. The van der Waals surface area contributed by atoms with E-state index in [1.165, 1.54) is 6.92 Å². The van der Waals surface area contributed by atoms with E-state index in [1.807, 2.05) is 0 Å². The number of aromatic nitrogens is 1. The molecule has 0 aliphatic heterocycles. The molecule has 0 spiro atoms. The fourth-order valence-corrected chi connectivity index (χ4v) is 1.31. The van der Waals surface area contributed by atoms with Crippen LogP contribution in [0.2, 0.25) is 0 Å². The second-order valence-electron chi connectivity index (χ2n) is 3.71. The third-order valence-corrected chi connectivity index (χ3v) is 2.42. The van der Waals surface area contributed by atoms with E-state index in [0.717, 1.165) is 0 Å². The number of carbonyl (C=O) groups excluding carboxylic acids is 2. The highest BCUT2D eigenvalue weighted by molar-refractivity contribution is 5.95. The van der Waals surface area contributed by atoms with Gasteiger partial charge in [0, 0.05) is 44.9 Å². The summed E-state index contributed by atoms with van der Waals surface area (Å²) in [4.78, 5) is 28.1. The minimum Gasteiger partial charge on any atom is -0.346 e. The molecule has 4 heteroatoms. The SMILES string of the molecule is CC(=O)N(C)CCCC(=O)c1cccnc1. The van der Waals surface area contributed by atoms with E-state index in [9.17, 15) is 9.59 Å². The summed E-state index contributed by atoms with van der Waals surface area (Å²) in [6.45, 7) is 2.13. The van der Waals surface area contributed by atoms with E-state index < -0.39 is 0 Å². The molecule has 0 aromatic carbocycles. The van der Waals surface area contributed by atoms with Crippen molar-refractivity contribution in [3.05, 3.63) is 30.1 Å². The largest absolute Gasteiger partial charge is 0.346 e. The number of hydrogen-bond acceptors (Lipinski definition) is 3. The number of rotatable bonds is 5. The molecule has 0 fully saturated rings. The van der Waals surface area contributed by atoms with Crippen LogP contribution in [-0.4, -0.2) is 35.2 Å². The van der Waals surface area contributed by atoms with Gasteiger partial charge in [0.05, 0.1) is 0 Å². The molecule has 1 aromatic rings. The average Bonchev–Trinajstić information content (AvgIpc) is 2.29. The Hall–Kier alpha value is -1.71. The van der Waals surface area contributed by atoms with Crippen LogP contribution in [0.1, 0.15) is 30.1 Å². The van der Waals surface area contributed by atoms with Crippen LogP contribution in [0.5, 0.6) is 0 Å². The molecule has 1 rings (SSSR count). The Balaban J connectivity index is 2.34. The van der Waals surface area contributed by atoms with Crippen molar-refractivity contribution in [3.8, 4) is 0 Å². The van der Waals surface area contributed by atoms with Gasteiger partial charge in [0.2, 0.25) is 5.91 Å². The van der Waals surface area contributed by atoms with Gasteiger partial charge in [-0.2, -0.15) is 0 Å². The molecule has 0 atom stereocenters. The van der Waals surface area contributed by atoms with E-state index in [1.54, 1.807) is 36.5 Å². The van der Waals surface area contributed by atoms with Crippen molar-refractivity contribution >= 4 is 11.7 Å². The Kier molecular flexibility index (Phi) is 4.64. The van der Waals surface area contributed by atoms with Crippen molar-refractivity contribution in [1.82, 2.24) is 9.88 Å². The molecule has 0 saturated heterocycles. The number of ketones is 1. The Bertz CT molecular complexity index is 363. The van der Waals surface area contributed by atoms with Gasteiger partial charge in [0.25, 0.3) is 0 Å². The minimum atomic E-state index is 0.0221. The molecule has 0 radical (unpaired) electrons. The van der Waals surface area contributed by atoms with Crippen molar-refractivity contribution < 1.29 is 9.59 Å². The Labute approximate surface area is 95.3 Å². The highest BCUT2D eigenvalue weighted by Gasteiger charge is 2.07. The Morgan fingerprint density at radius 1 is 1.44 bits per heavy atom. The molecule has 4 nitrogen and oxygen atoms in total. The summed E-state index contributed by atoms with van der Waals surface area (Å²) in [6.07, 6.45) is 4.34. The smallest absolute Gasteiger partial charge is 0.219 e. The Morgan fingerprint density at radius 2 is 2.19 bits per heavy atom. The van der Waals surface area contributed by atoms with Crippen molar-refractivity contribution in [2.24, 2.45) is 0 Å². The van der Waals surface area contributed by atoms with Gasteiger partial charge < -0.3 is 4.90 Å². The maximum Gasteiger partial charge on any atom is 0.219 e. The minimum absolute atomic E-state index is 0.0221. The fraction of sp³-hybridized carbons (Fsp3) is 0.417. The molecule has 86 valence electrons. The molecule has 0 aliphatic rings. The molecule has 1 aromatic heterocycles. The first kappa shape index (κ1) is 12.4. The van der Waals surface area contributed by atoms with Crippen LogP contribution >= 0.6 is 0 Å². The fourth-order valence-electron chi connectivity index (χ4n) is 1.31. The first-order valence-electron chi connectivity index (χ1n) is 5.26. The summed E-state index contributed by atoms with van der Waals surface area (Å²) in [5, 5.41) is 0. The van der Waals surface area contributed by atoms with Crippen LogP contribution in [-0.2, 0) is 4.79 Å². The number of pyridine rings is 1. The average molecular weight is 220 g/mol. The molecule has 0 saturated carbocycles. The number of carbonyl (C=O) groups is 2. The normalized spacial score (nSPS) is 9.88. The van der Waals surface area contributed by atoms with Gasteiger partial charge >= 0.3 is 0 Å². The molecule has 0 aliphatic carbocycles. The van der Waals surface area contributed by atoms with E-state index >= 15 is 0 Å². The molecule has 0 bridgehead atoms. The predicted octanol–water partition coefficient (Wildman–Crippen LogP) is 1.52. The molecule has 1 heterocycles. The quantitative estimate of drug-likeness (QED) is 0.707. The first-order chi connectivity index (χ1) is 7.61. The maximum atomic E-state index is 11.7. The summed E-state index contributed by atoms with van der Waals surface area (Å²) in [5.41, 5.74) is 0.632. The molecule has 0 unspecified atom stereocenters. The first-order valence-corrected chi connectivity index (χ1v) is 5.26. The summed E-state index contributed by atoms with van der Waals surface area (Å²) in [7, 11) is 1.73. The number of hydrogen-bond donors (Lipinski definition) is 0. The topological polar surface area (TPSA) is 50.3 Å². The summed E-state index contributed by atoms with van der Waals surface area (Å²) in [5.74, 6) is 0.0962. The lowest BCUT2D eigenvalue weighted by atomic mass is 10.1. The van der Waals surface area contributed by atoms with Gasteiger partial charge in [-0.05, 0) is 18.6 Å². The van der Waals surface area contributed by atoms with Crippen molar-refractivity contribution in [3.63, 3.8) is 0 Å². The van der Waals surface area contributed by atoms with Crippen molar-refractivity contribution in [2.75, 3.05) is 13.6 Å². The number of amides is 1. The van der Waals surface area contributed by atoms with E-state index in [4.69, 9.17) is 0 Å². The van der Waals surface area contributed by atoms with Gasteiger partial charge in [-0.3, -0.25) is 14.6 Å². The summed E-state index contributed by atoms with van der Waals surface area (Å²) >= 11 is 0. The Morgan fingerprint density at radius 3 is 2.75 bits per heavy atom. The van der Waals surface area contributed by atoms with Gasteiger partial charge in [0.1, 0.15) is 0 Å². The van der Waals surface area contributed by atoms with Crippen LogP contribution in [0.25, 0.3) is 0 Å². The van der Waals surface area contributed by atoms with Crippen LogP contribution in [0, 0.1) is 0 Å². The second-order valence-corrected chi connectivity index (χ2v) is 3.71. The molecule has 16 heavy (non-hydrogen) atoms. The van der Waals surface area contributed by atoms with Gasteiger partial charge in [-0.15, -0.1) is 0 Å². The molecular formula is C12H16N2O2. The lowest BCUT2D eigenvalue weighted by Gasteiger charge is -2.13. The van der Waals surface area contributed by atoms with Crippen LogP contribution < -0.4 is 0 Å². The van der Waals surface area contributed by atoms with Gasteiger partial charge in [0.15, 0.2) is 5.78 Å². The highest BCUT2D eigenvalue weighted by atomic mass is 16.2. The number of nitrogens with zero attached hydrogens (tertiary/aromatic N) is 2. The summed E-state index contributed by atoms with van der Waals surface area (Å²) < 4.78 is 0. The zero-order valence-electron chi connectivity index (χ0n) is 9.64. The lowest BCUT2D eigenvalue weighted by molar-refractivity contribution is -0.127. The van der Waals surface area contributed by atoms with Crippen LogP contribution in [0.3, 0.4) is 0 Å². The van der Waals surface area contributed by atoms with E-state index in [0.29, 0.717) is 24.9 Å². The predicted molar refractivity (Wildman–Crippen MR) is 61.1 cm³/mol. The second kappa shape index (κ2) is 6.00.